The summed E-state index contributed by atoms with van der Waals surface area (Å²) >= 11 is 0. The Morgan fingerprint density at radius 3 is 2.79 bits per heavy atom. The maximum atomic E-state index is 13.3. The number of unbranched alkanes of at least 4 members (excludes halogenated alkanes) is 2. The van der Waals surface area contributed by atoms with Gasteiger partial charge in [0.25, 0.3) is 0 Å². The van der Waals surface area contributed by atoms with E-state index in [1.807, 2.05) is 0 Å². The van der Waals surface area contributed by atoms with Gasteiger partial charge in [-0.15, -0.1) is 0 Å². The predicted molar refractivity (Wildman–Crippen MR) is 100 cm³/mol. The summed E-state index contributed by atoms with van der Waals surface area (Å²) in [6, 6.07) is -1.37. The van der Waals surface area contributed by atoms with Crippen molar-refractivity contribution in [1.29, 1.82) is 0 Å². The third-order valence-corrected chi connectivity index (χ3v) is 6.36. The minimum Gasteiger partial charge on any atom is -0.466 e. The van der Waals surface area contributed by atoms with Crippen molar-refractivity contribution in [2.75, 3.05) is 19.8 Å². The van der Waals surface area contributed by atoms with E-state index in [-0.39, 0.29) is 25.0 Å². The highest BCUT2D eigenvalue weighted by Crippen LogP contribution is 2.58. The lowest BCUT2D eigenvalue weighted by atomic mass is 9.71. The first-order chi connectivity index (χ1) is 13.4. The zero-order valence-electron chi connectivity index (χ0n) is 17.0. The molecule has 3 fully saturated rings. The normalized spacial score (nSPS) is 34.4. The minimum atomic E-state index is -1.02. The summed E-state index contributed by atoms with van der Waals surface area (Å²) in [5.41, 5.74) is -1.02. The molecule has 6 atom stereocenters. The molecule has 0 aromatic carbocycles. The number of carbonyl (C=O) groups is 3. The van der Waals surface area contributed by atoms with Gasteiger partial charge < -0.3 is 24.8 Å². The SMILES string of the molecule is CCCCCNC(=O)[C@@H]1N([C@H](C)CO)C(=O)[C@H]2[C@H](C(=O)OCC)[C@@H]3CC[C@]12O3. The van der Waals surface area contributed by atoms with Gasteiger partial charge in [-0.1, -0.05) is 19.8 Å². The van der Waals surface area contributed by atoms with Gasteiger partial charge in [0, 0.05) is 6.54 Å². The van der Waals surface area contributed by atoms with Crippen LogP contribution < -0.4 is 5.32 Å². The van der Waals surface area contributed by atoms with Gasteiger partial charge >= 0.3 is 5.97 Å². The fourth-order valence-electron chi connectivity index (χ4n) is 5.14. The minimum absolute atomic E-state index is 0.230. The van der Waals surface area contributed by atoms with E-state index in [0.29, 0.717) is 19.4 Å². The number of amides is 2. The standard InChI is InChI=1S/C20H32N2O6/c1-4-6-7-10-21-17(24)16-20-9-8-13(28-20)14(19(26)27-5-2)15(20)18(25)22(16)12(3)11-23/h12-16,23H,4-11H2,1-3H3,(H,21,24)/t12-,13+,14-,15-,16+,20-/m1/s1. The van der Waals surface area contributed by atoms with E-state index < -0.39 is 41.6 Å². The summed E-state index contributed by atoms with van der Waals surface area (Å²) in [6.45, 7) is 6.02. The smallest absolute Gasteiger partial charge is 0.312 e. The number of aliphatic hydroxyl groups is 1. The second-order valence-corrected chi connectivity index (χ2v) is 8.08. The lowest BCUT2D eigenvalue weighted by molar-refractivity contribution is -0.155. The van der Waals surface area contributed by atoms with E-state index in [1.165, 1.54) is 4.90 Å². The van der Waals surface area contributed by atoms with Gasteiger partial charge in [0.1, 0.15) is 11.6 Å². The number of hydrogen-bond donors (Lipinski definition) is 2. The lowest BCUT2D eigenvalue weighted by Gasteiger charge is -2.35. The highest BCUT2D eigenvalue weighted by Gasteiger charge is 2.75. The van der Waals surface area contributed by atoms with Crippen LogP contribution >= 0.6 is 0 Å². The average molecular weight is 396 g/mol. The van der Waals surface area contributed by atoms with Crippen LogP contribution in [0.4, 0.5) is 0 Å². The number of fused-ring (bicyclic) bond motifs is 1. The third kappa shape index (κ3) is 3.20. The molecule has 3 aliphatic rings. The number of rotatable bonds is 9. The molecule has 1 spiro atoms. The van der Waals surface area contributed by atoms with Gasteiger partial charge in [0.05, 0.1) is 37.2 Å². The van der Waals surface area contributed by atoms with Crippen molar-refractivity contribution in [3.05, 3.63) is 0 Å². The first kappa shape index (κ1) is 21.0. The van der Waals surface area contributed by atoms with Crippen molar-refractivity contribution in [3.8, 4) is 0 Å². The Labute approximate surface area is 165 Å². The van der Waals surface area contributed by atoms with E-state index in [1.54, 1.807) is 13.8 Å². The zero-order chi connectivity index (χ0) is 20.5. The number of nitrogens with one attached hydrogen (secondary N) is 1. The van der Waals surface area contributed by atoms with Gasteiger partial charge in [-0.2, -0.15) is 0 Å². The second kappa shape index (κ2) is 8.37. The highest BCUT2D eigenvalue weighted by atomic mass is 16.6. The van der Waals surface area contributed by atoms with Crippen LogP contribution in [0.25, 0.3) is 0 Å². The van der Waals surface area contributed by atoms with E-state index in [2.05, 4.69) is 12.2 Å². The summed E-state index contributed by atoms with van der Waals surface area (Å²) in [6.07, 6.45) is 3.69. The maximum Gasteiger partial charge on any atom is 0.312 e. The van der Waals surface area contributed by atoms with Crippen molar-refractivity contribution in [1.82, 2.24) is 10.2 Å². The largest absolute Gasteiger partial charge is 0.466 e. The van der Waals surface area contributed by atoms with Crippen molar-refractivity contribution in [3.63, 3.8) is 0 Å². The van der Waals surface area contributed by atoms with Crippen LogP contribution in [-0.4, -0.2) is 71.3 Å². The van der Waals surface area contributed by atoms with Crippen molar-refractivity contribution in [2.24, 2.45) is 11.8 Å². The van der Waals surface area contributed by atoms with Crippen molar-refractivity contribution < 1.29 is 29.0 Å². The number of esters is 1. The highest BCUT2D eigenvalue weighted by molar-refractivity contribution is 5.98. The average Bonchev–Trinajstić information content (AvgIpc) is 3.32. The molecule has 2 N–H and O–H groups in total. The monoisotopic (exact) mass is 396 g/mol. The molecule has 0 unspecified atom stereocenters. The Morgan fingerprint density at radius 1 is 1.39 bits per heavy atom. The predicted octanol–water partition coefficient (Wildman–Crippen LogP) is 0.611. The van der Waals surface area contributed by atoms with Crippen LogP contribution in [0.5, 0.6) is 0 Å². The number of ether oxygens (including phenoxy) is 2. The second-order valence-electron chi connectivity index (χ2n) is 8.08. The van der Waals surface area contributed by atoms with E-state index >= 15 is 0 Å². The molecule has 3 saturated heterocycles. The number of hydrogen-bond acceptors (Lipinski definition) is 6. The molecule has 28 heavy (non-hydrogen) atoms. The van der Waals surface area contributed by atoms with Gasteiger partial charge in [-0.25, -0.2) is 0 Å². The van der Waals surface area contributed by atoms with Crippen LogP contribution in [0.1, 0.15) is 52.9 Å². The van der Waals surface area contributed by atoms with Crippen LogP contribution in [0.3, 0.4) is 0 Å². The molecule has 3 aliphatic heterocycles. The van der Waals surface area contributed by atoms with Crippen LogP contribution in [0.2, 0.25) is 0 Å². The number of nitrogens with zero attached hydrogens (tertiary/aromatic N) is 1. The molecule has 0 saturated carbocycles. The molecule has 0 radical (unpaired) electrons. The molecular weight excluding hydrogens is 364 g/mol. The molecule has 3 heterocycles. The molecule has 158 valence electrons. The first-order valence-electron chi connectivity index (χ1n) is 10.5. The fraction of sp³-hybridized carbons (Fsp3) is 0.850. The Morgan fingerprint density at radius 2 is 2.14 bits per heavy atom. The number of aliphatic hydroxyl groups excluding tert-OH is 1. The van der Waals surface area contributed by atoms with Gasteiger partial charge in [-0.05, 0) is 33.1 Å². The quantitative estimate of drug-likeness (QED) is 0.437. The molecule has 0 aromatic rings. The summed E-state index contributed by atoms with van der Waals surface area (Å²) in [5, 5.41) is 12.6. The summed E-state index contributed by atoms with van der Waals surface area (Å²) in [7, 11) is 0. The summed E-state index contributed by atoms with van der Waals surface area (Å²) in [5.74, 6) is -2.42. The van der Waals surface area contributed by atoms with Gasteiger partial charge in [0.15, 0.2) is 0 Å². The van der Waals surface area contributed by atoms with Gasteiger partial charge in [-0.3, -0.25) is 14.4 Å². The summed E-state index contributed by atoms with van der Waals surface area (Å²) in [4.78, 5) is 40.5. The van der Waals surface area contributed by atoms with Crippen LogP contribution in [0, 0.1) is 11.8 Å². The molecular formula is C20H32N2O6. The number of likely N-dealkylation sites (tertiary alicyclic amines) is 1. The molecule has 0 aliphatic carbocycles. The zero-order valence-corrected chi connectivity index (χ0v) is 17.0. The molecule has 8 heteroatoms. The molecule has 0 aromatic heterocycles. The van der Waals surface area contributed by atoms with E-state index in [4.69, 9.17) is 9.47 Å². The molecule has 2 amide bonds. The Balaban J connectivity index is 1.90. The summed E-state index contributed by atoms with van der Waals surface area (Å²) < 4.78 is 11.4. The number of carbonyl (C=O) groups excluding carboxylic acids is 3. The fourth-order valence-corrected chi connectivity index (χ4v) is 5.14. The van der Waals surface area contributed by atoms with E-state index in [9.17, 15) is 19.5 Å². The molecule has 8 nitrogen and oxygen atoms in total. The van der Waals surface area contributed by atoms with E-state index in [0.717, 1.165) is 19.3 Å². The topological polar surface area (TPSA) is 105 Å². The third-order valence-electron chi connectivity index (χ3n) is 6.36. The molecule has 2 bridgehead atoms. The Kier molecular flexibility index (Phi) is 6.29. The molecule has 3 rings (SSSR count). The van der Waals surface area contributed by atoms with Gasteiger partial charge in [0.2, 0.25) is 11.8 Å². The van der Waals surface area contributed by atoms with Crippen LogP contribution in [0.15, 0.2) is 0 Å². The Hall–Kier alpha value is -1.67. The van der Waals surface area contributed by atoms with Crippen molar-refractivity contribution in [2.45, 2.75) is 76.7 Å². The first-order valence-corrected chi connectivity index (χ1v) is 10.5. The Bertz CT molecular complexity index is 626. The maximum absolute atomic E-state index is 13.3. The van der Waals surface area contributed by atoms with Crippen molar-refractivity contribution >= 4 is 17.8 Å². The lowest BCUT2D eigenvalue weighted by Crippen LogP contribution is -2.57. The van der Waals surface area contributed by atoms with Crippen LogP contribution in [-0.2, 0) is 23.9 Å².